The van der Waals surface area contributed by atoms with Crippen molar-refractivity contribution in [1.82, 2.24) is 4.57 Å². The van der Waals surface area contributed by atoms with Gasteiger partial charge >= 0.3 is 0 Å². The largest absolute Gasteiger partial charge is 0.338 e. The number of benzene rings is 2. The van der Waals surface area contributed by atoms with Gasteiger partial charge in [0.25, 0.3) is 0 Å². The maximum absolute atomic E-state index is 12.2. The van der Waals surface area contributed by atoms with E-state index in [-0.39, 0.29) is 5.91 Å². The number of nitrogens with one attached hydrogen (secondary N) is 1. The van der Waals surface area contributed by atoms with E-state index in [0.717, 1.165) is 26.6 Å². The predicted molar refractivity (Wildman–Crippen MR) is 89.4 cm³/mol. The summed E-state index contributed by atoms with van der Waals surface area (Å²) in [6.45, 7) is 2.31. The third-order valence-electron chi connectivity index (χ3n) is 3.44. The highest BCUT2D eigenvalue weighted by atomic mass is 79.9. The molecule has 106 valence electrons. The first-order chi connectivity index (χ1) is 10.1. The monoisotopic (exact) mass is 342 g/mol. The standard InChI is InChI=1S/C17H15BrN2O/c1-12-10-14(6-7-15(12)18)19-17(21)11-20-9-8-13-4-2-3-5-16(13)20/h2-10H,11H2,1H3,(H,19,21). The van der Waals surface area contributed by atoms with Gasteiger partial charge in [0.05, 0.1) is 0 Å². The number of hydrogen-bond donors (Lipinski definition) is 1. The fourth-order valence-corrected chi connectivity index (χ4v) is 2.60. The van der Waals surface area contributed by atoms with Crippen molar-refractivity contribution in [3.63, 3.8) is 0 Å². The molecule has 21 heavy (non-hydrogen) atoms. The van der Waals surface area contributed by atoms with E-state index >= 15 is 0 Å². The van der Waals surface area contributed by atoms with Gasteiger partial charge in [-0.1, -0.05) is 34.1 Å². The van der Waals surface area contributed by atoms with Crippen LogP contribution >= 0.6 is 15.9 Å². The van der Waals surface area contributed by atoms with Crippen LogP contribution in [0, 0.1) is 6.92 Å². The van der Waals surface area contributed by atoms with Crippen molar-refractivity contribution in [3.05, 3.63) is 64.8 Å². The number of hydrogen-bond acceptors (Lipinski definition) is 1. The summed E-state index contributed by atoms with van der Waals surface area (Å²) in [5.41, 5.74) is 2.98. The Bertz CT molecular complexity index is 807. The third kappa shape index (κ3) is 3.00. The van der Waals surface area contributed by atoms with Crippen molar-refractivity contribution in [2.45, 2.75) is 13.5 Å². The molecule has 3 aromatic rings. The molecule has 4 heteroatoms. The fraction of sp³-hybridized carbons (Fsp3) is 0.118. The zero-order valence-corrected chi connectivity index (χ0v) is 13.2. The van der Waals surface area contributed by atoms with Crippen LogP contribution in [0.1, 0.15) is 5.56 Å². The van der Waals surface area contributed by atoms with Crippen LogP contribution in [0.4, 0.5) is 5.69 Å². The number of carbonyl (C=O) groups is 1. The number of aryl methyl sites for hydroxylation is 1. The van der Waals surface area contributed by atoms with Gasteiger partial charge in [0.15, 0.2) is 0 Å². The maximum atomic E-state index is 12.2. The Labute approximate surface area is 131 Å². The Morgan fingerprint density at radius 1 is 1.19 bits per heavy atom. The zero-order valence-electron chi connectivity index (χ0n) is 11.6. The fourth-order valence-electron chi connectivity index (χ4n) is 2.36. The Balaban J connectivity index is 1.75. The lowest BCUT2D eigenvalue weighted by molar-refractivity contribution is -0.116. The Hall–Kier alpha value is -2.07. The second-order valence-electron chi connectivity index (χ2n) is 5.01. The molecule has 0 radical (unpaired) electrons. The predicted octanol–water partition coefficient (Wildman–Crippen LogP) is 4.35. The van der Waals surface area contributed by atoms with E-state index < -0.39 is 0 Å². The van der Waals surface area contributed by atoms with Crippen LogP contribution < -0.4 is 5.32 Å². The van der Waals surface area contributed by atoms with Crippen LogP contribution in [-0.4, -0.2) is 10.5 Å². The van der Waals surface area contributed by atoms with Crippen molar-refractivity contribution in [1.29, 1.82) is 0 Å². The van der Waals surface area contributed by atoms with Crippen molar-refractivity contribution in [3.8, 4) is 0 Å². The average Bonchev–Trinajstić information content (AvgIpc) is 2.86. The van der Waals surface area contributed by atoms with Crippen molar-refractivity contribution < 1.29 is 4.79 Å². The van der Waals surface area contributed by atoms with E-state index in [2.05, 4.69) is 21.2 Å². The van der Waals surface area contributed by atoms with E-state index in [1.54, 1.807) is 0 Å². The summed E-state index contributed by atoms with van der Waals surface area (Å²) < 4.78 is 2.99. The van der Waals surface area contributed by atoms with E-state index in [1.165, 1.54) is 0 Å². The number of aromatic nitrogens is 1. The van der Waals surface area contributed by atoms with Crippen LogP contribution in [-0.2, 0) is 11.3 Å². The molecule has 0 aliphatic heterocycles. The molecular formula is C17H15BrN2O. The molecule has 1 heterocycles. The van der Waals surface area contributed by atoms with Crippen LogP contribution in [0.25, 0.3) is 10.9 Å². The van der Waals surface area contributed by atoms with Crippen LogP contribution in [0.15, 0.2) is 59.2 Å². The molecule has 2 aromatic carbocycles. The lowest BCUT2D eigenvalue weighted by Crippen LogP contribution is -2.18. The number of carbonyl (C=O) groups excluding carboxylic acids is 1. The minimum absolute atomic E-state index is 0.0296. The van der Waals surface area contributed by atoms with Crippen LogP contribution in [0.2, 0.25) is 0 Å². The number of nitrogens with zero attached hydrogens (tertiary/aromatic N) is 1. The van der Waals surface area contributed by atoms with Gasteiger partial charge in [-0.2, -0.15) is 0 Å². The van der Waals surface area contributed by atoms with E-state index in [1.807, 2.05) is 66.2 Å². The first kappa shape index (κ1) is 13.9. The lowest BCUT2D eigenvalue weighted by Gasteiger charge is -2.09. The number of anilines is 1. The molecule has 0 fully saturated rings. The highest BCUT2D eigenvalue weighted by Crippen LogP contribution is 2.20. The minimum atomic E-state index is -0.0296. The zero-order chi connectivity index (χ0) is 14.8. The van der Waals surface area contributed by atoms with Gasteiger partial charge in [-0.25, -0.2) is 0 Å². The first-order valence-corrected chi connectivity index (χ1v) is 7.53. The van der Waals surface area contributed by atoms with Crippen molar-refractivity contribution in [2.75, 3.05) is 5.32 Å². The van der Waals surface area contributed by atoms with Gasteiger partial charge < -0.3 is 9.88 Å². The SMILES string of the molecule is Cc1cc(NC(=O)Cn2ccc3ccccc32)ccc1Br. The molecule has 0 bridgehead atoms. The Morgan fingerprint density at radius 3 is 2.81 bits per heavy atom. The minimum Gasteiger partial charge on any atom is -0.338 e. The summed E-state index contributed by atoms with van der Waals surface area (Å²) in [5.74, 6) is -0.0296. The summed E-state index contributed by atoms with van der Waals surface area (Å²) in [4.78, 5) is 12.2. The highest BCUT2D eigenvalue weighted by Gasteiger charge is 2.07. The molecule has 3 rings (SSSR count). The van der Waals surface area contributed by atoms with Gasteiger partial charge in [0, 0.05) is 21.9 Å². The van der Waals surface area contributed by atoms with Gasteiger partial charge in [-0.05, 0) is 48.2 Å². The Kier molecular flexibility index (Phi) is 3.80. The molecule has 1 amide bonds. The molecule has 0 atom stereocenters. The quantitative estimate of drug-likeness (QED) is 0.754. The smallest absolute Gasteiger partial charge is 0.244 e. The maximum Gasteiger partial charge on any atom is 0.244 e. The summed E-state index contributed by atoms with van der Waals surface area (Å²) in [6.07, 6.45) is 1.94. The number of para-hydroxylation sites is 1. The lowest BCUT2D eigenvalue weighted by atomic mass is 10.2. The Morgan fingerprint density at radius 2 is 2.00 bits per heavy atom. The normalized spacial score (nSPS) is 10.8. The summed E-state index contributed by atoms with van der Waals surface area (Å²) in [5, 5.41) is 4.08. The van der Waals surface area contributed by atoms with Crippen LogP contribution in [0.3, 0.4) is 0 Å². The topological polar surface area (TPSA) is 34.0 Å². The highest BCUT2D eigenvalue weighted by molar-refractivity contribution is 9.10. The molecule has 0 spiro atoms. The second kappa shape index (κ2) is 5.74. The molecule has 3 nitrogen and oxygen atoms in total. The molecule has 1 aromatic heterocycles. The van der Waals surface area contributed by atoms with Gasteiger partial charge in [0.2, 0.25) is 5.91 Å². The van der Waals surface area contributed by atoms with Gasteiger partial charge in [0.1, 0.15) is 6.54 Å². The molecular weight excluding hydrogens is 328 g/mol. The van der Waals surface area contributed by atoms with Crippen molar-refractivity contribution in [2.24, 2.45) is 0 Å². The summed E-state index contributed by atoms with van der Waals surface area (Å²) in [7, 11) is 0. The van der Waals surface area contributed by atoms with Crippen LogP contribution in [0.5, 0.6) is 0 Å². The number of fused-ring (bicyclic) bond motifs is 1. The summed E-state index contributed by atoms with van der Waals surface area (Å²) in [6, 6.07) is 15.8. The van der Waals surface area contributed by atoms with E-state index in [4.69, 9.17) is 0 Å². The summed E-state index contributed by atoms with van der Waals surface area (Å²) >= 11 is 3.45. The van der Waals surface area contributed by atoms with Gasteiger partial charge in [-0.3, -0.25) is 4.79 Å². The molecule has 0 aliphatic rings. The van der Waals surface area contributed by atoms with Gasteiger partial charge in [-0.15, -0.1) is 0 Å². The number of amides is 1. The van der Waals surface area contributed by atoms with E-state index in [9.17, 15) is 4.79 Å². The first-order valence-electron chi connectivity index (χ1n) is 6.73. The molecule has 0 saturated carbocycles. The van der Waals surface area contributed by atoms with E-state index in [0.29, 0.717) is 6.54 Å². The number of halogens is 1. The third-order valence-corrected chi connectivity index (χ3v) is 4.33. The molecule has 0 aliphatic carbocycles. The molecule has 0 unspecified atom stereocenters. The number of rotatable bonds is 3. The molecule has 0 saturated heterocycles. The average molecular weight is 343 g/mol. The molecule has 1 N–H and O–H groups in total. The second-order valence-corrected chi connectivity index (χ2v) is 5.87. The van der Waals surface area contributed by atoms with Crippen molar-refractivity contribution >= 4 is 38.4 Å².